The van der Waals surface area contributed by atoms with Gasteiger partial charge in [-0.15, -0.1) is 0 Å². The first-order chi connectivity index (χ1) is 19.4. The third-order valence-corrected chi connectivity index (χ3v) is 7.96. The lowest BCUT2D eigenvalue weighted by molar-refractivity contribution is -0.267. The van der Waals surface area contributed by atoms with Crippen LogP contribution in [0.1, 0.15) is 45.9 Å². The van der Waals surface area contributed by atoms with Gasteiger partial charge in [-0.1, -0.05) is 12.1 Å². The molecule has 2 aromatic heterocycles. The zero-order valence-electron chi connectivity index (χ0n) is 21.3. The van der Waals surface area contributed by atoms with Crippen LogP contribution in [0.5, 0.6) is 5.75 Å². The predicted molar refractivity (Wildman–Crippen MR) is 135 cm³/mol. The molecule has 0 radical (unpaired) electrons. The Morgan fingerprint density at radius 3 is 2.63 bits per heavy atom. The fourth-order valence-electron chi connectivity index (χ4n) is 5.97. The van der Waals surface area contributed by atoms with Gasteiger partial charge in [-0.25, -0.2) is 15.0 Å². The van der Waals surface area contributed by atoms with Crippen LogP contribution in [0.2, 0.25) is 0 Å². The van der Waals surface area contributed by atoms with Gasteiger partial charge < -0.3 is 24.6 Å². The van der Waals surface area contributed by atoms with E-state index in [-0.39, 0.29) is 17.3 Å². The van der Waals surface area contributed by atoms with E-state index in [0.29, 0.717) is 45.7 Å². The molecule has 3 aliphatic heterocycles. The summed E-state index contributed by atoms with van der Waals surface area (Å²) in [5.74, 6) is 0.198. The number of hydrogen-bond donors (Lipinski definition) is 2. The van der Waals surface area contributed by atoms with Crippen molar-refractivity contribution in [3.63, 3.8) is 0 Å². The Balaban J connectivity index is 1.27. The molecule has 2 bridgehead atoms. The number of aliphatic hydroxyl groups is 1. The van der Waals surface area contributed by atoms with Gasteiger partial charge >= 0.3 is 12.8 Å². The molecule has 212 valence electrons. The van der Waals surface area contributed by atoms with Crippen LogP contribution in [0.3, 0.4) is 0 Å². The minimum Gasteiger partial charge on any atom is -0.434 e. The molecule has 2 atom stereocenters. The summed E-state index contributed by atoms with van der Waals surface area (Å²) >= 11 is 0. The Labute approximate surface area is 228 Å². The molecule has 2 N–H and O–H groups in total. The molecular weight excluding hydrogens is 551 g/mol. The van der Waals surface area contributed by atoms with Crippen molar-refractivity contribution >= 4 is 22.9 Å². The van der Waals surface area contributed by atoms with E-state index >= 15 is 0 Å². The van der Waals surface area contributed by atoms with Crippen LogP contribution < -0.4 is 15.0 Å². The Morgan fingerprint density at radius 1 is 1.15 bits per heavy atom. The van der Waals surface area contributed by atoms with Crippen LogP contribution in [0, 0.1) is 6.92 Å². The number of carbonyl (C=O) groups is 1. The molecule has 1 amide bonds. The SMILES string of the molecule is Cc1nc(N2CC(O)(C(F)(F)F)C2)ncc1-c1ccc2nc3n(c2c1)[C@H]1C[C@H]3NC(=O)c2cccc(OC(F)F)c21. The summed E-state index contributed by atoms with van der Waals surface area (Å²) < 4.78 is 72.4. The maximum absolute atomic E-state index is 13.3. The van der Waals surface area contributed by atoms with Crippen LogP contribution in [0.25, 0.3) is 22.2 Å². The largest absolute Gasteiger partial charge is 0.434 e. The second kappa shape index (κ2) is 8.59. The van der Waals surface area contributed by atoms with Gasteiger partial charge in [-0.3, -0.25) is 4.79 Å². The number of nitrogens with one attached hydrogen (secondary N) is 1. The number of ether oxygens (including phenoxy) is 1. The summed E-state index contributed by atoms with van der Waals surface area (Å²) in [6.45, 7) is -2.67. The topological polar surface area (TPSA) is 105 Å². The summed E-state index contributed by atoms with van der Waals surface area (Å²) in [5.41, 5.74) is 0.999. The van der Waals surface area contributed by atoms with E-state index in [1.165, 1.54) is 23.2 Å². The van der Waals surface area contributed by atoms with E-state index in [0.717, 1.165) is 0 Å². The standard InChI is InChI=1S/C27H21F5N6O3/c1-12-15(9-33-25(34-12)37-10-26(40,11-37)27(30,31)32)13-5-6-16-18(7-13)38-19-8-17(22(38)35-16)36-23(39)14-3-2-4-20(21(14)19)41-24(28)29/h2-7,9,17,19,24,40H,8,10-11H2,1H3,(H,36,39)/t17-,19+/m1/s1. The molecule has 0 spiro atoms. The van der Waals surface area contributed by atoms with Crippen molar-refractivity contribution in [1.82, 2.24) is 24.8 Å². The van der Waals surface area contributed by atoms with Crippen LogP contribution in [0.4, 0.5) is 27.9 Å². The fraction of sp³-hybridized carbons (Fsp3) is 0.333. The number of fused-ring (bicyclic) bond motifs is 9. The number of rotatable bonds is 4. The average molecular weight is 572 g/mol. The van der Waals surface area contributed by atoms with Gasteiger partial charge in [0.25, 0.3) is 5.91 Å². The molecule has 0 aliphatic carbocycles. The molecule has 0 saturated carbocycles. The second-order valence-corrected chi connectivity index (χ2v) is 10.5. The highest BCUT2D eigenvalue weighted by atomic mass is 19.4. The van der Waals surface area contributed by atoms with Gasteiger partial charge in [0.05, 0.1) is 41.9 Å². The van der Waals surface area contributed by atoms with Crippen molar-refractivity contribution < 1.29 is 36.6 Å². The van der Waals surface area contributed by atoms with Crippen LogP contribution in [-0.2, 0) is 0 Å². The second-order valence-electron chi connectivity index (χ2n) is 10.5. The third kappa shape index (κ3) is 3.84. The van der Waals surface area contributed by atoms with Gasteiger partial charge in [0, 0.05) is 22.9 Å². The quantitative estimate of drug-likeness (QED) is 0.352. The minimum atomic E-state index is -4.74. The molecule has 1 saturated heterocycles. The highest BCUT2D eigenvalue weighted by Gasteiger charge is 2.61. The molecule has 9 nitrogen and oxygen atoms in total. The lowest BCUT2D eigenvalue weighted by Crippen LogP contribution is -2.69. The number of anilines is 1. The Bertz CT molecular complexity index is 1730. The van der Waals surface area contributed by atoms with Gasteiger partial charge in [0.1, 0.15) is 11.6 Å². The monoisotopic (exact) mass is 572 g/mol. The molecule has 41 heavy (non-hydrogen) atoms. The van der Waals surface area contributed by atoms with Crippen molar-refractivity contribution in [2.45, 2.75) is 43.8 Å². The lowest BCUT2D eigenvalue weighted by Gasteiger charge is -2.46. The maximum atomic E-state index is 13.3. The molecular formula is C27H21F5N6O3. The zero-order chi connectivity index (χ0) is 28.8. The van der Waals surface area contributed by atoms with Crippen molar-refractivity contribution in [2.24, 2.45) is 0 Å². The van der Waals surface area contributed by atoms with Gasteiger partial charge in [0.2, 0.25) is 5.95 Å². The number of halogens is 5. The number of alkyl halides is 5. The van der Waals surface area contributed by atoms with E-state index < -0.39 is 49.5 Å². The molecule has 4 aromatic rings. The first kappa shape index (κ1) is 25.6. The summed E-state index contributed by atoms with van der Waals surface area (Å²) in [6.07, 6.45) is -2.83. The molecule has 14 heteroatoms. The molecule has 7 rings (SSSR count). The summed E-state index contributed by atoms with van der Waals surface area (Å²) in [5, 5.41) is 12.7. The normalized spacial score (nSPS) is 20.9. The van der Waals surface area contributed by atoms with Crippen LogP contribution >= 0.6 is 0 Å². The van der Waals surface area contributed by atoms with Crippen LogP contribution in [0.15, 0.2) is 42.6 Å². The molecule has 3 aliphatic rings. The number of carbonyl (C=O) groups excluding carboxylic acids is 1. The molecule has 1 fully saturated rings. The van der Waals surface area contributed by atoms with Crippen molar-refractivity contribution in [3.05, 3.63) is 65.2 Å². The molecule has 2 aromatic carbocycles. The van der Waals surface area contributed by atoms with E-state index in [2.05, 4.69) is 15.3 Å². The van der Waals surface area contributed by atoms with E-state index in [1.54, 1.807) is 19.1 Å². The first-order valence-corrected chi connectivity index (χ1v) is 12.7. The lowest BCUT2D eigenvalue weighted by atomic mass is 9.94. The van der Waals surface area contributed by atoms with Crippen molar-refractivity contribution in [3.8, 4) is 16.9 Å². The highest BCUT2D eigenvalue weighted by molar-refractivity contribution is 5.98. The third-order valence-electron chi connectivity index (χ3n) is 7.96. The molecule has 5 heterocycles. The number of nitrogens with zero attached hydrogens (tertiary/aromatic N) is 5. The maximum Gasteiger partial charge on any atom is 0.420 e. The Kier molecular flexibility index (Phi) is 5.37. The number of aryl methyl sites for hydroxylation is 1. The number of hydrogen-bond acceptors (Lipinski definition) is 7. The van der Waals surface area contributed by atoms with Crippen molar-refractivity contribution in [1.29, 1.82) is 0 Å². The van der Waals surface area contributed by atoms with Gasteiger partial charge in [-0.2, -0.15) is 22.0 Å². The van der Waals surface area contributed by atoms with E-state index in [9.17, 15) is 31.9 Å². The Morgan fingerprint density at radius 2 is 1.93 bits per heavy atom. The summed E-state index contributed by atoms with van der Waals surface area (Å²) in [7, 11) is 0. The van der Waals surface area contributed by atoms with E-state index in [4.69, 9.17) is 9.72 Å². The van der Waals surface area contributed by atoms with Crippen LogP contribution in [-0.4, -0.2) is 62.0 Å². The number of amides is 1. The number of imidazole rings is 1. The van der Waals surface area contributed by atoms with Gasteiger partial charge in [-0.05, 0) is 43.2 Å². The summed E-state index contributed by atoms with van der Waals surface area (Å²) in [6, 6.07) is 9.00. The average Bonchev–Trinajstić information content (AvgIpc) is 3.37. The van der Waals surface area contributed by atoms with E-state index in [1.807, 2.05) is 16.7 Å². The zero-order valence-corrected chi connectivity index (χ0v) is 21.3. The fourth-order valence-corrected chi connectivity index (χ4v) is 5.97. The Hall–Kier alpha value is -4.33. The molecule has 0 unspecified atom stereocenters. The van der Waals surface area contributed by atoms with Gasteiger partial charge in [0.15, 0.2) is 5.60 Å². The number of β-amino-alcohol motifs (C(OH)–C–C–N with tert-alkyl or cyclic N) is 1. The predicted octanol–water partition coefficient (Wildman–Crippen LogP) is 4.29. The van der Waals surface area contributed by atoms with Crippen molar-refractivity contribution in [2.75, 3.05) is 18.0 Å². The number of benzene rings is 2. The minimum absolute atomic E-state index is 0.0765. The smallest absolute Gasteiger partial charge is 0.420 e. The summed E-state index contributed by atoms with van der Waals surface area (Å²) in [4.78, 5) is 27.6. The highest BCUT2D eigenvalue weighted by Crippen LogP contribution is 2.48. The number of aromatic nitrogens is 4. The first-order valence-electron chi connectivity index (χ1n) is 12.7.